The number of nitrogens with zero attached hydrogens (tertiary/aromatic N) is 5. The Bertz CT molecular complexity index is 1220. The molecule has 4 rings (SSSR count). The van der Waals surface area contributed by atoms with Gasteiger partial charge in [0.15, 0.2) is 11.5 Å². The van der Waals surface area contributed by atoms with Crippen LogP contribution in [0.3, 0.4) is 0 Å². The van der Waals surface area contributed by atoms with Crippen LogP contribution in [-0.4, -0.2) is 68.4 Å². The zero-order valence-corrected chi connectivity index (χ0v) is 19.2. The largest absolute Gasteiger partial charge is 0.395 e. The van der Waals surface area contributed by atoms with E-state index in [4.69, 9.17) is 5.11 Å². The highest BCUT2D eigenvalue weighted by molar-refractivity contribution is 8.00. The van der Waals surface area contributed by atoms with Crippen LogP contribution in [0.5, 0.6) is 0 Å². The van der Waals surface area contributed by atoms with Gasteiger partial charge < -0.3 is 20.0 Å². The minimum atomic E-state index is -0.419. The molecule has 4 aromatic rings. The first-order valence-electron chi connectivity index (χ1n) is 10.4. The van der Waals surface area contributed by atoms with Crippen molar-refractivity contribution in [3.8, 4) is 11.4 Å². The molecule has 11 heteroatoms. The molecule has 0 atom stereocenters. The number of aliphatic hydroxyl groups excluding tert-OH is 1. The number of hydrogen-bond donors (Lipinski definition) is 4. The maximum atomic E-state index is 14.8. The molecule has 0 amide bonds. The third kappa shape index (κ3) is 5.56. The second kappa shape index (κ2) is 10.6. The van der Waals surface area contributed by atoms with Gasteiger partial charge in [0.05, 0.1) is 17.7 Å². The third-order valence-corrected chi connectivity index (χ3v) is 5.77. The maximum Gasteiger partial charge on any atom is 0.186 e. The number of likely N-dealkylation sites (N-methyl/N-ethyl adjacent to an activating group) is 1. The van der Waals surface area contributed by atoms with Crippen LogP contribution >= 0.6 is 11.9 Å². The number of pyridine rings is 1. The van der Waals surface area contributed by atoms with E-state index < -0.39 is 5.82 Å². The fraction of sp³-hybridized carbons (Fsp3) is 0.273. The van der Waals surface area contributed by atoms with E-state index in [9.17, 15) is 4.39 Å². The van der Waals surface area contributed by atoms with Gasteiger partial charge in [-0.25, -0.2) is 19.3 Å². The first-order chi connectivity index (χ1) is 16.0. The monoisotopic (exact) mass is 468 g/mol. The van der Waals surface area contributed by atoms with E-state index in [-0.39, 0.29) is 6.61 Å². The summed E-state index contributed by atoms with van der Waals surface area (Å²) in [4.78, 5) is 15.4. The van der Waals surface area contributed by atoms with E-state index >= 15 is 0 Å². The number of nitrogens with one attached hydrogen (secondary N) is 3. The lowest BCUT2D eigenvalue weighted by Gasteiger charge is -2.16. The van der Waals surface area contributed by atoms with Crippen LogP contribution in [0.15, 0.2) is 47.6 Å². The molecule has 0 saturated heterocycles. The van der Waals surface area contributed by atoms with E-state index in [2.05, 4.69) is 35.2 Å². The molecule has 3 aromatic heterocycles. The summed E-state index contributed by atoms with van der Waals surface area (Å²) >= 11 is 1.24. The average molecular weight is 469 g/mol. The molecular formula is C22H25FN8OS. The van der Waals surface area contributed by atoms with E-state index in [1.165, 1.54) is 18.0 Å². The summed E-state index contributed by atoms with van der Waals surface area (Å²) < 4.78 is 17.8. The number of benzene rings is 1. The SMILES string of the molecule is Cc1[nH]nc2nc(-c3ccc(NSc4ccccn4)c(F)c3)nc(NCCN(C)CCO)c12. The molecule has 0 fully saturated rings. The molecule has 0 unspecified atom stereocenters. The molecule has 0 radical (unpaired) electrons. The lowest BCUT2D eigenvalue weighted by molar-refractivity contribution is 0.225. The second-order valence-corrected chi connectivity index (χ2v) is 8.29. The Morgan fingerprint density at radius 1 is 1.18 bits per heavy atom. The second-order valence-electron chi connectivity index (χ2n) is 7.46. The number of fused-ring (bicyclic) bond motifs is 1. The number of aliphatic hydroxyl groups is 1. The molecule has 0 aliphatic carbocycles. The lowest BCUT2D eigenvalue weighted by Crippen LogP contribution is -2.28. The Hall–Kier alpha value is -3.28. The molecule has 9 nitrogen and oxygen atoms in total. The minimum absolute atomic E-state index is 0.107. The van der Waals surface area contributed by atoms with Crippen LogP contribution in [0, 0.1) is 12.7 Å². The van der Waals surface area contributed by atoms with Crippen molar-refractivity contribution in [1.29, 1.82) is 0 Å². The standard InChI is InChI=1S/C22H25FN8OS/c1-14-19-21(25-9-10-31(2)11-12-32)26-20(27-22(19)29-28-14)15-6-7-17(16(23)13-15)30-33-18-5-3-4-8-24-18/h3-8,13,30,32H,9-12H2,1-2H3,(H2,25,26,27,28,29). The number of hydrogen-bond acceptors (Lipinski definition) is 9. The van der Waals surface area contributed by atoms with Gasteiger partial charge in [0.25, 0.3) is 0 Å². The molecular weight excluding hydrogens is 443 g/mol. The Balaban J connectivity index is 1.55. The molecule has 33 heavy (non-hydrogen) atoms. The smallest absolute Gasteiger partial charge is 0.186 e. The molecule has 1 aromatic carbocycles. The molecule has 0 saturated carbocycles. The highest BCUT2D eigenvalue weighted by atomic mass is 32.2. The van der Waals surface area contributed by atoms with Crippen LogP contribution in [0.1, 0.15) is 5.69 Å². The topological polar surface area (TPSA) is 115 Å². The summed E-state index contributed by atoms with van der Waals surface area (Å²) in [5, 5.41) is 21.1. The van der Waals surface area contributed by atoms with Gasteiger partial charge in [-0.3, -0.25) is 5.10 Å². The molecule has 0 spiro atoms. The number of H-pyrrole nitrogens is 1. The van der Waals surface area contributed by atoms with Crippen molar-refractivity contribution in [2.24, 2.45) is 0 Å². The van der Waals surface area contributed by atoms with Crippen molar-refractivity contribution in [3.05, 3.63) is 54.1 Å². The van der Waals surface area contributed by atoms with Gasteiger partial charge >= 0.3 is 0 Å². The first kappa shape index (κ1) is 22.9. The number of aromatic nitrogens is 5. The number of anilines is 2. The van der Waals surface area contributed by atoms with Gasteiger partial charge in [-0.1, -0.05) is 6.07 Å². The predicted octanol–water partition coefficient (Wildman–Crippen LogP) is 3.32. The summed E-state index contributed by atoms with van der Waals surface area (Å²) in [7, 11) is 1.94. The zero-order valence-electron chi connectivity index (χ0n) is 18.3. The lowest BCUT2D eigenvalue weighted by atomic mass is 10.1. The molecule has 0 aliphatic heterocycles. The number of aromatic amines is 1. The van der Waals surface area contributed by atoms with Crippen molar-refractivity contribution < 1.29 is 9.50 Å². The van der Waals surface area contributed by atoms with Crippen LogP contribution in [0.25, 0.3) is 22.4 Å². The third-order valence-electron chi connectivity index (χ3n) is 4.99. The molecule has 4 N–H and O–H groups in total. The van der Waals surface area contributed by atoms with Crippen molar-refractivity contribution >= 4 is 34.5 Å². The summed E-state index contributed by atoms with van der Waals surface area (Å²) in [6.45, 7) is 3.95. The van der Waals surface area contributed by atoms with E-state index in [1.807, 2.05) is 37.1 Å². The Kier molecular flexibility index (Phi) is 7.33. The van der Waals surface area contributed by atoms with E-state index in [0.717, 1.165) is 22.7 Å². The summed E-state index contributed by atoms with van der Waals surface area (Å²) in [6, 6.07) is 10.4. The quantitative estimate of drug-likeness (QED) is 0.260. The van der Waals surface area contributed by atoms with Crippen molar-refractivity contribution in [3.63, 3.8) is 0 Å². The fourth-order valence-electron chi connectivity index (χ4n) is 3.22. The van der Waals surface area contributed by atoms with Gasteiger partial charge in [0.1, 0.15) is 16.7 Å². The fourth-order valence-corrected chi connectivity index (χ4v) is 3.86. The van der Waals surface area contributed by atoms with Gasteiger partial charge in [0.2, 0.25) is 0 Å². The Morgan fingerprint density at radius 2 is 2.06 bits per heavy atom. The summed E-state index contributed by atoms with van der Waals surface area (Å²) in [5.41, 5.74) is 2.25. The first-order valence-corrected chi connectivity index (χ1v) is 11.3. The van der Waals surface area contributed by atoms with Crippen LogP contribution in [0.4, 0.5) is 15.9 Å². The molecule has 3 heterocycles. The van der Waals surface area contributed by atoms with Crippen molar-refractivity contribution in [2.75, 3.05) is 43.3 Å². The van der Waals surface area contributed by atoms with Gasteiger partial charge in [-0.05, 0) is 44.3 Å². The maximum absolute atomic E-state index is 14.8. The van der Waals surface area contributed by atoms with Crippen LogP contribution in [0.2, 0.25) is 0 Å². The molecule has 0 aliphatic rings. The van der Waals surface area contributed by atoms with Crippen molar-refractivity contribution in [2.45, 2.75) is 11.9 Å². The highest BCUT2D eigenvalue weighted by Gasteiger charge is 2.15. The number of rotatable bonds is 10. The zero-order chi connectivity index (χ0) is 23.2. The highest BCUT2D eigenvalue weighted by Crippen LogP contribution is 2.29. The van der Waals surface area contributed by atoms with Crippen LogP contribution < -0.4 is 10.0 Å². The molecule has 172 valence electrons. The van der Waals surface area contributed by atoms with Gasteiger partial charge in [-0.2, -0.15) is 5.10 Å². The molecule has 0 bridgehead atoms. The van der Waals surface area contributed by atoms with E-state index in [1.54, 1.807) is 18.3 Å². The van der Waals surface area contributed by atoms with Crippen LogP contribution in [-0.2, 0) is 0 Å². The predicted molar refractivity (Wildman–Crippen MR) is 129 cm³/mol. The summed E-state index contributed by atoms with van der Waals surface area (Å²) in [5.74, 6) is 0.591. The number of halogens is 1. The number of aryl methyl sites for hydroxylation is 1. The Labute approximate surface area is 195 Å². The minimum Gasteiger partial charge on any atom is -0.395 e. The average Bonchev–Trinajstić information content (AvgIpc) is 3.20. The normalized spacial score (nSPS) is 11.3. The van der Waals surface area contributed by atoms with E-state index in [0.29, 0.717) is 41.6 Å². The summed E-state index contributed by atoms with van der Waals surface area (Å²) in [6.07, 6.45) is 1.68. The Morgan fingerprint density at radius 3 is 2.82 bits per heavy atom. The van der Waals surface area contributed by atoms with Crippen molar-refractivity contribution in [1.82, 2.24) is 30.0 Å². The van der Waals surface area contributed by atoms with Gasteiger partial charge in [-0.15, -0.1) is 0 Å². The van der Waals surface area contributed by atoms with Gasteiger partial charge in [0, 0.05) is 49.0 Å².